The van der Waals surface area contributed by atoms with Gasteiger partial charge >= 0.3 is 0 Å². The summed E-state index contributed by atoms with van der Waals surface area (Å²) in [6.07, 6.45) is 0. The van der Waals surface area contributed by atoms with Gasteiger partial charge in [-0.3, -0.25) is 0 Å². The van der Waals surface area contributed by atoms with E-state index in [-0.39, 0.29) is 11.2 Å². The highest BCUT2D eigenvalue weighted by molar-refractivity contribution is 9.10. The predicted molar refractivity (Wildman–Crippen MR) is 104 cm³/mol. The lowest BCUT2D eigenvalue weighted by molar-refractivity contribution is 0.417. The molecule has 3 heteroatoms. The van der Waals surface area contributed by atoms with Crippen LogP contribution < -0.4 is 4.74 Å². The van der Waals surface area contributed by atoms with Crippen molar-refractivity contribution in [3.05, 3.63) is 76.0 Å². The first-order chi connectivity index (χ1) is 11.9. The molecule has 0 heterocycles. The molecule has 25 heavy (non-hydrogen) atoms. The summed E-state index contributed by atoms with van der Waals surface area (Å²) in [7, 11) is 1.66. The molecule has 1 aliphatic carbocycles. The second kappa shape index (κ2) is 5.70. The van der Waals surface area contributed by atoms with E-state index in [0.717, 1.165) is 26.9 Å². The molecule has 0 saturated heterocycles. The van der Waals surface area contributed by atoms with E-state index in [1.807, 2.05) is 12.1 Å². The van der Waals surface area contributed by atoms with Crippen molar-refractivity contribution in [1.82, 2.24) is 0 Å². The number of benzene rings is 3. The molecule has 0 amide bonds. The average Bonchev–Trinajstić information content (AvgIpc) is 2.85. The van der Waals surface area contributed by atoms with Gasteiger partial charge in [0.05, 0.1) is 7.11 Å². The average molecular weight is 397 g/mol. The monoisotopic (exact) mass is 396 g/mol. The minimum Gasteiger partial charge on any atom is -0.495 e. The minimum absolute atomic E-state index is 0.104. The van der Waals surface area contributed by atoms with Crippen LogP contribution in [0.25, 0.3) is 22.3 Å². The van der Waals surface area contributed by atoms with Gasteiger partial charge in [-0.15, -0.1) is 0 Å². The molecule has 1 nitrogen and oxygen atoms in total. The molecule has 3 aromatic carbocycles. The van der Waals surface area contributed by atoms with Crippen LogP contribution in [0.3, 0.4) is 0 Å². The van der Waals surface area contributed by atoms with E-state index in [1.165, 1.54) is 17.2 Å². The Kier molecular flexibility index (Phi) is 3.73. The van der Waals surface area contributed by atoms with Crippen molar-refractivity contribution in [2.45, 2.75) is 19.3 Å². The van der Waals surface area contributed by atoms with Crippen LogP contribution in [0.15, 0.2) is 59.1 Å². The van der Waals surface area contributed by atoms with Gasteiger partial charge in [0.2, 0.25) is 0 Å². The number of hydrogen-bond donors (Lipinski definition) is 0. The molecular formula is C22H18BrFO. The van der Waals surface area contributed by atoms with Crippen LogP contribution in [-0.4, -0.2) is 7.11 Å². The van der Waals surface area contributed by atoms with Crippen molar-refractivity contribution in [2.24, 2.45) is 0 Å². The summed E-state index contributed by atoms with van der Waals surface area (Å²) < 4.78 is 21.1. The van der Waals surface area contributed by atoms with E-state index in [0.29, 0.717) is 5.56 Å². The topological polar surface area (TPSA) is 9.23 Å². The van der Waals surface area contributed by atoms with Crippen molar-refractivity contribution in [1.29, 1.82) is 0 Å². The Bertz CT molecular complexity index is 991. The fourth-order valence-corrected chi connectivity index (χ4v) is 4.25. The quantitative estimate of drug-likeness (QED) is 0.475. The van der Waals surface area contributed by atoms with E-state index in [9.17, 15) is 4.39 Å². The summed E-state index contributed by atoms with van der Waals surface area (Å²) in [6, 6.07) is 17.4. The Balaban J connectivity index is 2.07. The Labute approximate surface area is 155 Å². The Morgan fingerprint density at radius 1 is 0.880 bits per heavy atom. The number of halogens is 2. The molecule has 0 unspecified atom stereocenters. The molecule has 0 spiro atoms. The third-order valence-corrected chi connectivity index (χ3v) is 5.62. The van der Waals surface area contributed by atoms with Crippen LogP contribution in [0.2, 0.25) is 0 Å². The maximum atomic E-state index is 14.5. The molecule has 0 N–H and O–H groups in total. The van der Waals surface area contributed by atoms with Gasteiger partial charge in [0.25, 0.3) is 0 Å². The zero-order valence-electron chi connectivity index (χ0n) is 14.4. The molecule has 1 aliphatic rings. The molecule has 0 bridgehead atoms. The van der Waals surface area contributed by atoms with Gasteiger partial charge in [0, 0.05) is 26.6 Å². The molecule has 0 atom stereocenters. The van der Waals surface area contributed by atoms with Crippen molar-refractivity contribution in [3.63, 3.8) is 0 Å². The summed E-state index contributed by atoms with van der Waals surface area (Å²) in [6.45, 7) is 4.44. The molecule has 3 aromatic rings. The molecule has 0 saturated carbocycles. The second-order valence-electron chi connectivity index (χ2n) is 6.86. The normalized spacial score (nSPS) is 14.1. The first-order valence-corrected chi connectivity index (χ1v) is 9.01. The molecule has 0 radical (unpaired) electrons. The Hall–Kier alpha value is -2.13. The Morgan fingerprint density at radius 2 is 1.64 bits per heavy atom. The summed E-state index contributed by atoms with van der Waals surface area (Å²) in [5.74, 6) is 0.472. The highest BCUT2D eigenvalue weighted by Gasteiger charge is 2.38. The van der Waals surface area contributed by atoms with Crippen LogP contribution in [0.5, 0.6) is 5.75 Å². The summed E-state index contributed by atoms with van der Waals surface area (Å²) in [5, 5.41) is 0. The zero-order valence-corrected chi connectivity index (χ0v) is 15.9. The third kappa shape index (κ3) is 2.33. The molecule has 126 valence electrons. The molecular weight excluding hydrogens is 379 g/mol. The lowest BCUT2D eigenvalue weighted by atomic mass is 9.82. The van der Waals surface area contributed by atoms with E-state index in [1.54, 1.807) is 19.2 Å². The predicted octanol–water partition coefficient (Wildman–Crippen LogP) is 6.57. The van der Waals surface area contributed by atoms with E-state index in [2.05, 4.69) is 54.0 Å². The van der Waals surface area contributed by atoms with E-state index < -0.39 is 0 Å². The molecule has 4 rings (SSSR count). The molecule has 0 fully saturated rings. The van der Waals surface area contributed by atoms with Crippen molar-refractivity contribution >= 4 is 15.9 Å². The van der Waals surface area contributed by atoms with Gasteiger partial charge in [-0.2, -0.15) is 0 Å². The highest BCUT2D eigenvalue weighted by Crippen LogP contribution is 2.54. The minimum atomic E-state index is -0.257. The van der Waals surface area contributed by atoms with Crippen LogP contribution >= 0.6 is 15.9 Å². The van der Waals surface area contributed by atoms with Gasteiger partial charge in [0.1, 0.15) is 11.6 Å². The Morgan fingerprint density at radius 3 is 2.40 bits per heavy atom. The van der Waals surface area contributed by atoms with Gasteiger partial charge in [-0.25, -0.2) is 4.39 Å². The summed E-state index contributed by atoms with van der Waals surface area (Å²) >= 11 is 3.44. The lowest BCUT2D eigenvalue weighted by Gasteiger charge is -2.22. The number of methoxy groups -OCH3 is 1. The number of rotatable bonds is 2. The fraction of sp³-hybridized carbons (Fsp3) is 0.182. The number of ether oxygens (including phenoxy) is 1. The van der Waals surface area contributed by atoms with Crippen molar-refractivity contribution < 1.29 is 9.13 Å². The summed E-state index contributed by atoms with van der Waals surface area (Å²) in [4.78, 5) is 0. The van der Waals surface area contributed by atoms with Gasteiger partial charge in [0.15, 0.2) is 0 Å². The first kappa shape index (κ1) is 16.3. The maximum Gasteiger partial charge on any atom is 0.134 e. The van der Waals surface area contributed by atoms with Crippen molar-refractivity contribution in [2.75, 3.05) is 7.11 Å². The number of hydrogen-bond acceptors (Lipinski definition) is 1. The summed E-state index contributed by atoms with van der Waals surface area (Å²) in [5.41, 5.74) is 5.92. The van der Waals surface area contributed by atoms with Gasteiger partial charge in [-0.05, 0) is 34.9 Å². The fourth-order valence-electron chi connectivity index (χ4n) is 3.89. The largest absolute Gasteiger partial charge is 0.495 e. The second-order valence-corrected chi connectivity index (χ2v) is 7.78. The molecule has 0 aromatic heterocycles. The van der Waals surface area contributed by atoms with E-state index in [4.69, 9.17) is 4.74 Å². The standard InChI is InChI=1S/C22H18BrFO/c1-22(2)17-7-5-4-6-15(17)20-18(22)10-9-14(21(20)25-3)16-12-13(23)8-11-19(16)24/h4-12H,1-3H3. The van der Waals surface area contributed by atoms with E-state index >= 15 is 0 Å². The van der Waals surface area contributed by atoms with Crippen LogP contribution in [0.4, 0.5) is 4.39 Å². The van der Waals surface area contributed by atoms with Crippen molar-refractivity contribution in [3.8, 4) is 28.0 Å². The van der Waals surface area contributed by atoms with Gasteiger partial charge < -0.3 is 4.74 Å². The van der Waals surface area contributed by atoms with Gasteiger partial charge in [-0.1, -0.05) is 66.2 Å². The molecule has 0 aliphatic heterocycles. The zero-order chi connectivity index (χ0) is 17.8. The first-order valence-electron chi connectivity index (χ1n) is 8.22. The smallest absolute Gasteiger partial charge is 0.134 e. The van der Waals surface area contributed by atoms with Crippen LogP contribution in [-0.2, 0) is 5.41 Å². The SMILES string of the molecule is COc1c(-c2cc(Br)ccc2F)ccc2c1-c1ccccc1C2(C)C. The number of fused-ring (bicyclic) bond motifs is 3. The van der Waals surface area contributed by atoms with Crippen LogP contribution in [0, 0.1) is 5.82 Å². The lowest BCUT2D eigenvalue weighted by Crippen LogP contribution is -2.14. The van der Waals surface area contributed by atoms with Crippen LogP contribution in [0.1, 0.15) is 25.0 Å². The maximum absolute atomic E-state index is 14.5. The highest BCUT2D eigenvalue weighted by atomic mass is 79.9. The third-order valence-electron chi connectivity index (χ3n) is 5.12.